The zero-order valence-electron chi connectivity index (χ0n) is 13.7. The molecule has 3 aromatic rings. The standard InChI is InChI=1S/C18H18ClN5O/c19-15-4-1-5-16(11-15)24-9-7-23(8-10-24)13-17-21-18(22-25-17)14-3-2-6-20-12-14/h1-6,11-12H,7-10,13H2. The lowest BCUT2D eigenvalue weighted by molar-refractivity contribution is 0.215. The zero-order valence-corrected chi connectivity index (χ0v) is 14.4. The molecular weight excluding hydrogens is 338 g/mol. The number of halogens is 1. The number of pyridine rings is 1. The fourth-order valence-electron chi connectivity index (χ4n) is 2.96. The van der Waals surface area contributed by atoms with E-state index in [9.17, 15) is 0 Å². The molecule has 0 atom stereocenters. The Hall–Kier alpha value is -2.44. The summed E-state index contributed by atoms with van der Waals surface area (Å²) in [5.74, 6) is 1.22. The normalized spacial score (nSPS) is 15.5. The first-order chi connectivity index (χ1) is 12.3. The molecule has 0 radical (unpaired) electrons. The van der Waals surface area contributed by atoms with Crippen molar-refractivity contribution in [3.05, 3.63) is 59.7 Å². The van der Waals surface area contributed by atoms with Crippen molar-refractivity contribution >= 4 is 17.3 Å². The van der Waals surface area contributed by atoms with Gasteiger partial charge in [0.15, 0.2) is 0 Å². The summed E-state index contributed by atoms with van der Waals surface area (Å²) in [6.07, 6.45) is 3.46. The maximum absolute atomic E-state index is 6.08. The Morgan fingerprint density at radius 1 is 1.08 bits per heavy atom. The smallest absolute Gasteiger partial charge is 0.241 e. The lowest BCUT2D eigenvalue weighted by atomic mass is 10.2. The van der Waals surface area contributed by atoms with Crippen LogP contribution in [0, 0.1) is 0 Å². The molecule has 4 rings (SSSR count). The Labute approximate surface area is 151 Å². The first-order valence-corrected chi connectivity index (χ1v) is 8.61. The van der Waals surface area contributed by atoms with E-state index in [1.54, 1.807) is 12.4 Å². The minimum Gasteiger partial charge on any atom is -0.369 e. The average molecular weight is 356 g/mol. The van der Waals surface area contributed by atoms with Crippen LogP contribution in [0.4, 0.5) is 5.69 Å². The van der Waals surface area contributed by atoms with Gasteiger partial charge in [-0.3, -0.25) is 9.88 Å². The number of hydrogen-bond donors (Lipinski definition) is 0. The Kier molecular flexibility index (Phi) is 4.63. The minimum atomic E-state index is 0.584. The van der Waals surface area contributed by atoms with E-state index >= 15 is 0 Å². The van der Waals surface area contributed by atoms with E-state index in [0.717, 1.165) is 36.8 Å². The molecule has 0 N–H and O–H groups in total. The molecule has 0 spiro atoms. The van der Waals surface area contributed by atoms with Crippen molar-refractivity contribution in [3.63, 3.8) is 0 Å². The molecule has 7 heteroatoms. The first-order valence-electron chi connectivity index (χ1n) is 8.24. The topological polar surface area (TPSA) is 58.3 Å². The van der Waals surface area contributed by atoms with Crippen molar-refractivity contribution in [2.45, 2.75) is 6.54 Å². The lowest BCUT2D eigenvalue weighted by Gasteiger charge is -2.35. The first kappa shape index (κ1) is 16.1. The van der Waals surface area contributed by atoms with Crippen LogP contribution in [0.2, 0.25) is 5.02 Å². The van der Waals surface area contributed by atoms with Crippen LogP contribution in [0.5, 0.6) is 0 Å². The predicted octanol–water partition coefficient (Wildman–Crippen LogP) is 3.11. The highest BCUT2D eigenvalue weighted by atomic mass is 35.5. The highest BCUT2D eigenvalue weighted by Gasteiger charge is 2.20. The van der Waals surface area contributed by atoms with E-state index in [0.29, 0.717) is 18.3 Å². The number of nitrogens with zero attached hydrogens (tertiary/aromatic N) is 5. The van der Waals surface area contributed by atoms with Gasteiger partial charge in [-0.1, -0.05) is 22.8 Å². The van der Waals surface area contributed by atoms with Crippen LogP contribution in [-0.4, -0.2) is 46.2 Å². The van der Waals surface area contributed by atoms with Crippen LogP contribution in [0.15, 0.2) is 53.3 Å². The van der Waals surface area contributed by atoms with Gasteiger partial charge in [0.2, 0.25) is 11.7 Å². The highest BCUT2D eigenvalue weighted by Crippen LogP contribution is 2.21. The van der Waals surface area contributed by atoms with Crippen molar-refractivity contribution in [2.24, 2.45) is 0 Å². The highest BCUT2D eigenvalue weighted by molar-refractivity contribution is 6.30. The molecule has 2 aromatic heterocycles. The van der Waals surface area contributed by atoms with Gasteiger partial charge in [0.1, 0.15) is 0 Å². The second kappa shape index (κ2) is 7.21. The van der Waals surface area contributed by atoms with Gasteiger partial charge >= 0.3 is 0 Å². The Bertz CT molecular complexity index is 830. The average Bonchev–Trinajstić information content (AvgIpc) is 3.12. The Morgan fingerprint density at radius 2 is 1.96 bits per heavy atom. The van der Waals surface area contributed by atoms with E-state index < -0.39 is 0 Å². The third-order valence-corrected chi connectivity index (χ3v) is 4.53. The molecule has 1 saturated heterocycles. The SMILES string of the molecule is Clc1cccc(N2CCN(Cc3nc(-c4cccnc4)no3)CC2)c1. The molecule has 0 unspecified atom stereocenters. The second-order valence-corrected chi connectivity index (χ2v) is 6.43. The van der Waals surface area contributed by atoms with Crippen LogP contribution in [0.25, 0.3) is 11.4 Å². The molecule has 1 aliphatic rings. The second-order valence-electron chi connectivity index (χ2n) is 6.00. The van der Waals surface area contributed by atoms with Crippen LogP contribution in [-0.2, 0) is 6.54 Å². The summed E-state index contributed by atoms with van der Waals surface area (Å²) in [6, 6.07) is 11.8. The third-order valence-electron chi connectivity index (χ3n) is 4.29. The maximum atomic E-state index is 6.08. The fraction of sp³-hybridized carbons (Fsp3) is 0.278. The van der Waals surface area contributed by atoms with Crippen molar-refractivity contribution in [3.8, 4) is 11.4 Å². The van der Waals surface area contributed by atoms with Crippen molar-refractivity contribution in [2.75, 3.05) is 31.1 Å². The molecule has 6 nitrogen and oxygen atoms in total. The summed E-state index contributed by atoms with van der Waals surface area (Å²) in [5, 5.41) is 4.82. The number of piperazine rings is 1. The molecule has 0 aliphatic carbocycles. The van der Waals surface area contributed by atoms with Crippen LogP contribution in [0.3, 0.4) is 0 Å². The number of rotatable bonds is 4. The van der Waals surface area contributed by atoms with E-state index in [2.05, 4.69) is 31.0 Å². The molecule has 1 fully saturated rings. The molecule has 1 aliphatic heterocycles. The molecular formula is C18H18ClN5O. The van der Waals surface area contributed by atoms with E-state index in [1.807, 2.05) is 30.3 Å². The van der Waals surface area contributed by atoms with Gasteiger partial charge in [0.05, 0.1) is 6.54 Å². The van der Waals surface area contributed by atoms with Crippen molar-refractivity contribution in [1.29, 1.82) is 0 Å². The largest absolute Gasteiger partial charge is 0.369 e. The summed E-state index contributed by atoms with van der Waals surface area (Å²) in [7, 11) is 0. The quantitative estimate of drug-likeness (QED) is 0.716. The van der Waals surface area contributed by atoms with Gasteiger partial charge < -0.3 is 9.42 Å². The number of benzene rings is 1. The Balaban J connectivity index is 1.35. The van der Waals surface area contributed by atoms with Gasteiger partial charge in [-0.2, -0.15) is 4.98 Å². The number of hydrogen-bond acceptors (Lipinski definition) is 6. The summed E-state index contributed by atoms with van der Waals surface area (Å²) in [6.45, 7) is 4.44. The molecule has 128 valence electrons. The van der Waals surface area contributed by atoms with Crippen molar-refractivity contribution in [1.82, 2.24) is 20.0 Å². The zero-order chi connectivity index (χ0) is 17.1. The summed E-state index contributed by atoms with van der Waals surface area (Å²) < 4.78 is 5.39. The summed E-state index contributed by atoms with van der Waals surface area (Å²) >= 11 is 6.08. The molecule has 3 heterocycles. The fourth-order valence-corrected chi connectivity index (χ4v) is 3.14. The number of aromatic nitrogens is 3. The molecule has 1 aromatic carbocycles. The van der Waals surface area contributed by atoms with E-state index in [-0.39, 0.29) is 0 Å². The summed E-state index contributed by atoms with van der Waals surface area (Å²) in [5.41, 5.74) is 2.03. The third kappa shape index (κ3) is 3.81. The van der Waals surface area contributed by atoms with E-state index in [1.165, 1.54) is 5.69 Å². The molecule has 0 saturated carbocycles. The summed E-state index contributed by atoms with van der Waals surface area (Å²) in [4.78, 5) is 13.2. The molecule has 25 heavy (non-hydrogen) atoms. The van der Waals surface area contributed by atoms with Crippen molar-refractivity contribution < 1.29 is 4.52 Å². The minimum absolute atomic E-state index is 0.584. The maximum Gasteiger partial charge on any atom is 0.241 e. The van der Waals surface area contributed by atoms with Gasteiger partial charge in [-0.15, -0.1) is 0 Å². The number of anilines is 1. The lowest BCUT2D eigenvalue weighted by Crippen LogP contribution is -2.46. The van der Waals surface area contributed by atoms with E-state index in [4.69, 9.17) is 16.1 Å². The van der Waals surface area contributed by atoms with Gasteiger partial charge in [-0.25, -0.2) is 0 Å². The van der Waals surface area contributed by atoms with Gasteiger partial charge in [0.25, 0.3) is 0 Å². The molecule has 0 amide bonds. The molecule has 0 bridgehead atoms. The predicted molar refractivity (Wildman–Crippen MR) is 96.5 cm³/mol. The van der Waals surface area contributed by atoms with Crippen LogP contribution in [0.1, 0.15) is 5.89 Å². The van der Waals surface area contributed by atoms with Crippen LogP contribution < -0.4 is 4.90 Å². The monoisotopic (exact) mass is 355 g/mol. The van der Waals surface area contributed by atoms with Gasteiger partial charge in [-0.05, 0) is 30.3 Å². The Morgan fingerprint density at radius 3 is 2.72 bits per heavy atom. The van der Waals surface area contributed by atoms with Gasteiger partial charge in [0, 0.05) is 54.8 Å². The van der Waals surface area contributed by atoms with Crippen LogP contribution >= 0.6 is 11.6 Å².